The number of rotatable bonds is 4. The molecular weight excluding hydrogens is 286 g/mol. The van der Waals surface area contributed by atoms with E-state index in [9.17, 15) is 9.90 Å². The van der Waals surface area contributed by atoms with Crippen LogP contribution in [0.25, 0.3) is 0 Å². The average Bonchev–Trinajstić information content (AvgIpc) is 2.53. The van der Waals surface area contributed by atoms with Gasteiger partial charge in [-0.05, 0) is 19.1 Å². The molecule has 1 fully saturated rings. The van der Waals surface area contributed by atoms with E-state index in [1.807, 2.05) is 0 Å². The van der Waals surface area contributed by atoms with E-state index in [2.05, 4.69) is 9.88 Å². The van der Waals surface area contributed by atoms with Gasteiger partial charge in [0.15, 0.2) is 17.7 Å². The summed E-state index contributed by atoms with van der Waals surface area (Å²) in [5, 5.41) is 10.3. The van der Waals surface area contributed by atoms with Gasteiger partial charge >= 0.3 is 0 Å². The number of β-amino-alcohol motifs (C(OH)–C–C–N with tert-alkyl or cyclic N) is 1. The van der Waals surface area contributed by atoms with Gasteiger partial charge in [-0.25, -0.2) is 4.98 Å². The van der Waals surface area contributed by atoms with Gasteiger partial charge in [0.2, 0.25) is 0 Å². The number of morpholine rings is 1. The molecule has 1 N–H and O–H groups in total. The van der Waals surface area contributed by atoms with Gasteiger partial charge in [-0.1, -0.05) is 0 Å². The molecular formula is C15H21N3O4. The molecule has 3 rings (SSSR count). The molecule has 120 valence electrons. The van der Waals surface area contributed by atoms with Crippen LogP contribution in [0.4, 0.5) is 5.82 Å². The lowest BCUT2D eigenvalue weighted by Crippen LogP contribution is -2.50. The van der Waals surface area contributed by atoms with Crippen LogP contribution in [-0.2, 0) is 9.53 Å². The Bertz CT molecular complexity index is 533. The Kier molecular flexibility index (Phi) is 4.56. The lowest BCUT2D eigenvalue weighted by Gasteiger charge is -2.34. The van der Waals surface area contributed by atoms with E-state index in [4.69, 9.17) is 9.47 Å². The van der Waals surface area contributed by atoms with Crippen molar-refractivity contribution in [3.8, 4) is 5.75 Å². The fraction of sp³-hybridized carbons (Fsp3) is 0.600. The summed E-state index contributed by atoms with van der Waals surface area (Å²) in [6.45, 7) is 5.42. The number of carbonyl (C=O) groups is 1. The van der Waals surface area contributed by atoms with Crippen LogP contribution in [-0.4, -0.2) is 72.5 Å². The second-order valence-electron chi connectivity index (χ2n) is 5.60. The highest BCUT2D eigenvalue weighted by molar-refractivity contribution is 5.98. The minimum absolute atomic E-state index is 0.174. The molecule has 1 saturated heterocycles. The summed E-state index contributed by atoms with van der Waals surface area (Å²) < 4.78 is 10.8. The summed E-state index contributed by atoms with van der Waals surface area (Å²) in [7, 11) is 0. The van der Waals surface area contributed by atoms with Gasteiger partial charge in [0.05, 0.1) is 25.9 Å². The zero-order valence-corrected chi connectivity index (χ0v) is 12.6. The van der Waals surface area contributed by atoms with Gasteiger partial charge in [0.1, 0.15) is 0 Å². The third kappa shape index (κ3) is 3.21. The van der Waals surface area contributed by atoms with Gasteiger partial charge in [-0.3, -0.25) is 14.6 Å². The number of fused-ring (bicyclic) bond motifs is 1. The van der Waals surface area contributed by atoms with E-state index in [0.29, 0.717) is 31.3 Å². The number of hydrogen-bond acceptors (Lipinski definition) is 6. The van der Waals surface area contributed by atoms with Gasteiger partial charge in [0, 0.05) is 25.8 Å². The molecule has 1 amide bonds. The predicted octanol–water partition coefficient (Wildman–Crippen LogP) is -0.111. The first-order valence-corrected chi connectivity index (χ1v) is 7.56. The number of aliphatic hydroxyl groups is 1. The largest absolute Gasteiger partial charge is 0.477 e. The predicted molar refractivity (Wildman–Crippen MR) is 79.9 cm³/mol. The van der Waals surface area contributed by atoms with Crippen LogP contribution in [0.15, 0.2) is 18.3 Å². The molecule has 0 spiro atoms. The van der Waals surface area contributed by atoms with E-state index < -0.39 is 12.2 Å². The third-order valence-corrected chi connectivity index (χ3v) is 3.89. The lowest BCUT2D eigenvalue weighted by molar-refractivity contribution is -0.126. The van der Waals surface area contributed by atoms with Gasteiger partial charge < -0.3 is 14.6 Å². The molecule has 7 nitrogen and oxygen atoms in total. The van der Waals surface area contributed by atoms with Crippen molar-refractivity contribution < 1.29 is 19.4 Å². The maximum Gasteiger partial charge on any atom is 0.269 e. The van der Waals surface area contributed by atoms with E-state index in [-0.39, 0.29) is 12.5 Å². The first kappa shape index (κ1) is 15.2. The van der Waals surface area contributed by atoms with Crippen molar-refractivity contribution in [2.75, 3.05) is 44.3 Å². The minimum Gasteiger partial charge on any atom is -0.477 e. The molecule has 0 aromatic carbocycles. The minimum atomic E-state index is -0.637. The molecule has 1 aromatic heterocycles. The maximum atomic E-state index is 12.3. The number of nitrogens with zero attached hydrogens (tertiary/aromatic N) is 3. The summed E-state index contributed by atoms with van der Waals surface area (Å²) in [6.07, 6.45) is 0.418. The number of aromatic nitrogens is 1. The van der Waals surface area contributed by atoms with E-state index in [1.54, 1.807) is 25.3 Å². The quantitative estimate of drug-likeness (QED) is 0.836. The molecule has 2 aliphatic heterocycles. The van der Waals surface area contributed by atoms with Gasteiger partial charge in [-0.15, -0.1) is 0 Å². The highest BCUT2D eigenvalue weighted by atomic mass is 16.5. The molecule has 3 heterocycles. The summed E-state index contributed by atoms with van der Waals surface area (Å²) >= 11 is 0. The molecule has 0 radical (unpaired) electrons. The van der Waals surface area contributed by atoms with Crippen molar-refractivity contribution in [2.45, 2.75) is 19.1 Å². The number of anilines is 1. The lowest BCUT2D eigenvalue weighted by atomic mass is 10.2. The van der Waals surface area contributed by atoms with Crippen molar-refractivity contribution in [2.24, 2.45) is 0 Å². The monoisotopic (exact) mass is 307 g/mol. The molecule has 2 aliphatic rings. The zero-order valence-electron chi connectivity index (χ0n) is 12.6. The third-order valence-electron chi connectivity index (χ3n) is 3.89. The van der Waals surface area contributed by atoms with Crippen LogP contribution in [0.1, 0.15) is 6.92 Å². The van der Waals surface area contributed by atoms with Crippen molar-refractivity contribution in [1.82, 2.24) is 9.88 Å². The van der Waals surface area contributed by atoms with Crippen LogP contribution in [0.2, 0.25) is 0 Å². The molecule has 2 atom stereocenters. The van der Waals surface area contributed by atoms with E-state index in [0.717, 1.165) is 13.1 Å². The number of aliphatic hydroxyl groups excluding tert-OH is 1. The number of pyridine rings is 1. The Balaban J connectivity index is 1.68. The smallest absolute Gasteiger partial charge is 0.269 e. The summed E-state index contributed by atoms with van der Waals surface area (Å²) in [4.78, 5) is 20.2. The molecule has 22 heavy (non-hydrogen) atoms. The Labute approximate surface area is 129 Å². The fourth-order valence-electron chi connectivity index (χ4n) is 2.77. The molecule has 7 heteroatoms. The van der Waals surface area contributed by atoms with Crippen LogP contribution in [0.5, 0.6) is 5.75 Å². The van der Waals surface area contributed by atoms with Crippen molar-refractivity contribution >= 4 is 11.7 Å². The Hall–Kier alpha value is -1.70. The number of amides is 1. The molecule has 1 aromatic rings. The maximum absolute atomic E-state index is 12.3. The Morgan fingerprint density at radius 2 is 2.18 bits per heavy atom. The molecule has 0 saturated carbocycles. The van der Waals surface area contributed by atoms with Crippen molar-refractivity contribution in [1.29, 1.82) is 0 Å². The zero-order chi connectivity index (χ0) is 15.5. The summed E-state index contributed by atoms with van der Waals surface area (Å²) in [5.74, 6) is 0.882. The average molecular weight is 307 g/mol. The number of carbonyl (C=O) groups excluding carboxylic acids is 1. The van der Waals surface area contributed by atoms with E-state index in [1.165, 1.54) is 4.90 Å². The number of hydrogen-bond donors (Lipinski definition) is 1. The first-order chi connectivity index (χ1) is 10.6. The van der Waals surface area contributed by atoms with E-state index >= 15 is 0 Å². The SMILES string of the molecule is CC1Oc2cccnc2N(CC(O)CN2CCOCC2)C1=O. The normalized spacial score (nSPS) is 23.8. The fourth-order valence-corrected chi connectivity index (χ4v) is 2.77. The molecule has 0 aliphatic carbocycles. The standard InChI is InChI=1S/C15H21N3O4/c1-11-15(20)18(14-13(22-11)3-2-4-16-14)10-12(19)9-17-5-7-21-8-6-17/h2-4,11-12,19H,5-10H2,1H3. The molecule has 2 unspecified atom stereocenters. The van der Waals surface area contributed by atoms with Crippen LogP contribution in [0, 0.1) is 0 Å². The highest BCUT2D eigenvalue weighted by Crippen LogP contribution is 2.31. The Morgan fingerprint density at radius 1 is 1.41 bits per heavy atom. The van der Waals surface area contributed by atoms with Crippen LogP contribution in [0.3, 0.4) is 0 Å². The topological polar surface area (TPSA) is 75.1 Å². The van der Waals surface area contributed by atoms with Crippen LogP contribution < -0.4 is 9.64 Å². The number of ether oxygens (including phenoxy) is 2. The van der Waals surface area contributed by atoms with Crippen LogP contribution >= 0.6 is 0 Å². The van der Waals surface area contributed by atoms with Gasteiger partial charge in [-0.2, -0.15) is 0 Å². The summed E-state index contributed by atoms with van der Waals surface area (Å²) in [5.41, 5.74) is 0. The molecule has 0 bridgehead atoms. The first-order valence-electron chi connectivity index (χ1n) is 7.56. The second kappa shape index (κ2) is 6.60. The highest BCUT2D eigenvalue weighted by Gasteiger charge is 2.33. The van der Waals surface area contributed by atoms with Gasteiger partial charge in [0.25, 0.3) is 5.91 Å². The second-order valence-corrected chi connectivity index (χ2v) is 5.60. The van der Waals surface area contributed by atoms with Crippen molar-refractivity contribution in [3.05, 3.63) is 18.3 Å². The summed E-state index contributed by atoms with van der Waals surface area (Å²) in [6, 6.07) is 3.55. The van der Waals surface area contributed by atoms with Crippen molar-refractivity contribution in [3.63, 3.8) is 0 Å². The Morgan fingerprint density at radius 3 is 2.95 bits per heavy atom.